The molecular formula is C16H21ClINO. The van der Waals surface area contributed by atoms with Crippen molar-refractivity contribution in [2.24, 2.45) is 11.7 Å². The summed E-state index contributed by atoms with van der Waals surface area (Å²) in [6.45, 7) is 0.858. The van der Waals surface area contributed by atoms with Gasteiger partial charge in [-0.3, -0.25) is 0 Å². The number of halogens is 2. The Balaban J connectivity index is 1.75. The van der Waals surface area contributed by atoms with Crippen LogP contribution in [0.25, 0.3) is 0 Å². The molecule has 0 bridgehead atoms. The number of rotatable bonds is 2. The molecule has 2 unspecified atom stereocenters. The summed E-state index contributed by atoms with van der Waals surface area (Å²) < 4.78 is 7.19. The first-order valence-electron chi connectivity index (χ1n) is 7.44. The highest BCUT2D eigenvalue weighted by Gasteiger charge is 2.41. The summed E-state index contributed by atoms with van der Waals surface area (Å²) in [7, 11) is 0. The summed E-state index contributed by atoms with van der Waals surface area (Å²) in [5.41, 5.74) is 7.82. The van der Waals surface area contributed by atoms with E-state index in [2.05, 4.69) is 34.7 Å². The highest BCUT2D eigenvalue weighted by atomic mass is 127. The van der Waals surface area contributed by atoms with E-state index in [0.29, 0.717) is 5.92 Å². The van der Waals surface area contributed by atoms with Gasteiger partial charge in [0, 0.05) is 16.2 Å². The van der Waals surface area contributed by atoms with Gasteiger partial charge < -0.3 is 10.5 Å². The number of nitrogens with two attached hydrogens (primary N) is 1. The van der Waals surface area contributed by atoms with Crippen molar-refractivity contribution in [3.8, 4) is 0 Å². The van der Waals surface area contributed by atoms with Crippen LogP contribution in [0.4, 0.5) is 0 Å². The smallest absolute Gasteiger partial charge is 0.0685 e. The zero-order valence-electron chi connectivity index (χ0n) is 11.6. The van der Waals surface area contributed by atoms with Crippen molar-refractivity contribution in [1.82, 2.24) is 0 Å². The third-order valence-electron chi connectivity index (χ3n) is 4.88. The molecule has 1 aliphatic carbocycles. The molecule has 1 aromatic rings. The van der Waals surface area contributed by atoms with Gasteiger partial charge in [-0.1, -0.05) is 30.5 Å². The summed E-state index contributed by atoms with van der Waals surface area (Å²) in [6, 6.07) is 6.29. The first-order valence-corrected chi connectivity index (χ1v) is 8.90. The van der Waals surface area contributed by atoms with Crippen LogP contribution in [0.2, 0.25) is 5.02 Å². The molecule has 1 spiro atoms. The van der Waals surface area contributed by atoms with Gasteiger partial charge in [-0.05, 0) is 71.9 Å². The maximum absolute atomic E-state index is 6.52. The van der Waals surface area contributed by atoms with E-state index >= 15 is 0 Å². The Hall–Kier alpha value is 0.160. The standard InChI is InChI=1S/C16H21ClINO/c17-13-9-11(3-4-14(13)18)15(19)12-5-8-20-16(10-12)6-1-2-7-16/h3-4,9,12,15H,1-2,5-8,10,19H2. The monoisotopic (exact) mass is 405 g/mol. The van der Waals surface area contributed by atoms with Gasteiger partial charge in [0.1, 0.15) is 0 Å². The maximum atomic E-state index is 6.52. The first kappa shape index (κ1) is 15.1. The van der Waals surface area contributed by atoms with E-state index in [1.54, 1.807) is 0 Å². The van der Waals surface area contributed by atoms with Crippen LogP contribution in [-0.2, 0) is 4.74 Å². The van der Waals surface area contributed by atoms with Crippen LogP contribution in [0.5, 0.6) is 0 Å². The van der Waals surface area contributed by atoms with Crippen molar-refractivity contribution in [3.05, 3.63) is 32.4 Å². The summed E-state index contributed by atoms with van der Waals surface area (Å²) >= 11 is 8.48. The van der Waals surface area contributed by atoms with Crippen molar-refractivity contribution >= 4 is 34.2 Å². The lowest BCUT2D eigenvalue weighted by Gasteiger charge is -2.40. The van der Waals surface area contributed by atoms with E-state index in [4.69, 9.17) is 22.1 Å². The van der Waals surface area contributed by atoms with Gasteiger partial charge in [0.25, 0.3) is 0 Å². The lowest BCUT2D eigenvalue weighted by atomic mass is 9.79. The Morgan fingerprint density at radius 1 is 1.35 bits per heavy atom. The predicted octanol–water partition coefficient (Wildman–Crippen LogP) is 4.68. The molecule has 2 N–H and O–H groups in total. The fourth-order valence-corrected chi connectivity index (χ4v) is 4.26. The molecule has 0 radical (unpaired) electrons. The van der Waals surface area contributed by atoms with Gasteiger partial charge in [0.15, 0.2) is 0 Å². The predicted molar refractivity (Wildman–Crippen MR) is 91.0 cm³/mol. The first-order chi connectivity index (χ1) is 9.60. The summed E-state index contributed by atoms with van der Waals surface area (Å²) in [5, 5.41) is 0.807. The quantitative estimate of drug-likeness (QED) is 0.725. The molecule has 20 heavy (non-hydrogen) atoms. The van der Waals surface area contributed by atoms with Gasteiger partial charge >= 0.3 is 0 Å². The lowest BCUT2D eigenvalue weighted by molar-refractivity contribution is -0.0963. The second kappa shape index (κ2) is 6.11. The Labute approximate surface area is 139 Å². The minimum Gasteiger partial charge on any atom is -0.375 e. The van der Waals surface area contributed by atoms with Crippen LogP contribution >= 0.6 is 34.2 Å². The molecule has 1 saturated heterocycles. The van der Waals surface area contributed by atoms with E-state index in [0.717, 1.165) is 33.6 Å². The largest absolute Gasteiger partial charge is 0.375 e. The van der Waals surface area contributed by atoms with Crippen LogP contribution in [-0.4, -0.2) is 12.2 Å². The van der Waals surface area contributed by atoms with Crippen molar-refractivity contribution < 1.29 is 4.74 Å². The number of hydrogen-bond acceptors (Lipinski definition) is 2. The zero-order chi connectivity index (χ0) is 14.2. The second-order valence-corrected chi connectivity index (χ2v) is 7.76. The highest BCUT2D eigenvalue weighted by molar-refractivity contribution is 14.1. The van der Waals surface area contributed by atoms with Crippen molar-refractivity contribution in [2.45, 2.75) is 50.2 Å². The molecule has 0 amide bonds. The molecule has 2 atom stereocenters. The fraction of sp³-hybridized carbons (Fsp3) is 0.625. The molecule has 1 aromatic carbocycles. The third-order valence-corrected chi connectivity index (χ3v) is 6.45. The van der Waals surface area contributed by atoms with Crippen molar-refractivity contribution in [1.29, 1.82) is 0 Å². The molecule has 110 valence electrons. The van der Waals surface area contributed by atoms with Gasteiger partial charge in [0.2, 0.25) is 0 Å². The van der Waals surface area contributed by atoms with Crippen LogP contribution in [0.3, 0.4) is 0 Å². The number of ether oxygens (including phenoxy) is 1. The Bertz CT molecular complexity index is 487. The minimum atomic E-state index is 0.0749. The number of hydrogen-bond donors (Lipinski definition) is 1. The minimum absolute atomic E-state index is 0.0749. The van der Waals surface area contributed by atoms with Gasteiger partial charge in [-0.15, -0.1) is 0 Å². The van der Waals surface area contributed by atoms with Gasteiger partial charge in [-0.2, -0.15) is 0 Å². The van der Waals surface area contributed by atoms with Crippen LogP contribution in [0.1, 0.15) is 50.1 Å². The molecule has 1 saturated carbocycles. The molecule has 2 fully saturated rings. The molecule has 4 heteroatoms. The van der Waals surface area contributed by atoms with Crippen LogP contribution in [0, 0.1) is 9.49 Å². The Morgan fingerprint density at radius 3 is 2.80 bits per heavy atom. The molecule has 0 aromatic heterocycles. The number of benzene rings is 1. The fourth-order valence-electron chi connectivity index (χ4n) is 3.73. The summed E-state index contributed by atoms with van der Waals surface area (Å²) in [5.74, 6) is 0.512. The van der Waals surface area contributed by atoms with E-state index in [1.165, 1.54) is 25.7 Å². The van der Waals surface area contributed by atoms with Gasteiger partial charge in [0.05, 0.1) is 10.6 Å². The Morgan fingerprint density at radius 2 is 2.10 bits per heavy atom. The Kier molecular flexibility index (Phi) is 4.60. The average molecular weight is 406 g/mol. The van der Waals surface area contributed by atoms with Gasteiger partial charge in [-0.25, -0.2) is 0 Å². The van der Waals surface area contributed by atoms with Crippen molar-refractivity contribution in [3.63, 3.8) is 0 Å². The normalized spacial score (nSPS) is 26.9. The van der Waals surface area contributed by atoms with E-state index in [1.807, 2.05) is 6.07 Å². The maximum Gasteiger partial charge on any atom is 0.0685 e. The molecular weight excluding hydrogens is 385 g/mol. The molecule has 1 aliphatic heterocycles. The van der Waals surface area contributed by atoms with E-state index in [9.17, 15) is 0 Å². The topological polar surface area (TPSA) is 35.2 Å². The average Bonchev–Trinajstić information content (AvgIpc) is 2.89. The van der Waals surface area contributed by atoms with E-state index in [-0.39, 0.29) is 11.6 Å². The second-order valence-electron chi connectivity index (χ2n) is 6.19. The van der Waals surface area contributed by atoms with E-state index < -0.39 is 0 Å². The zero-order valence-corrected chi connectivity index (χ0v) is 14.5. The summed E-state index contributed by atoms with van der Waals surface area (Å²) in [6.07, 6.45) is 7.20. The third kappa shape index (κ3) is 3.01. The molecule has 2 nitrogen and oxygen atoms in total. The molecule has 2 aliphatic rings. The van der Waals surface area contributed by atoms with Crippen LogP contribution in [0.15, 0.2) is 18.2 Å². The molecule has 3 rings (SSSR count). The summed E-state index contributed by atoms with van der Waals surface area (Å²) in [4.78, 5) is 0. The van der Waals surface area contributed by atoms with Crippen LogP contribution < -0.4 is 5.73 Å². The highest BCUT2D eigenvalue weighted by Crippen LogP contribution is 2.45. The lowest BCUT2D eigenvalue weighted by Crippen LogP contribution is -2.40. The SMILES string of the molecule is NC(c1ccc(I)c(Cl)c1)C1CCOC2(CCCC2)C1. The molecule has 1 heterocycles. The van der Waals surface area contributed by atoms with Crippen molar-refractivity contribution in [2.75, 3.05) is 6.61 Å².